The van der Waals surface area contributed by atoms with Crippen LogP contribution >= 0.6 is 0 Å². The van der Waals surface area contributed by atoms with Crippen molar-refractivity contribution in [3.8, 4) is 0 Å². The highest BCUT2D eigenvalue weighted by atomic mass is 16.6. The Kier molecular flexibility index (Phi) is 5.66. The molecule has 72 valence electrons. The second kappa shape index (κ2) is 5.97. The lowest BCUT2D eigenvalue weighted by molar-refractivity contribution is -0.171. The van der Waals surface area contributed by atoms with Crippen molar-refractivity contribution in [1.29, 1.82) is 0 Å². The van der Waals surface area contributed by atoms with E-state index in [1.165, 1.54) is 0 Å². The molecular weight excluding hydrogens is 160 g/mol. The zero-order valence-corrected chi connectivity index (χ0v) is 7.49. The van der Waals surface area contributed by atoms with Gasteiger partial charge in [0.1, 0.15) is 0 Å². The van der Waals surface area contributed by atoms with E-state index in [0.29, 0.717) is 6.42 Å². The van der Waals surface area contributed by atoms with Gasteiger partial charge in [-0.15, -0.1) is 0 Å². The standard InChI is InChI=1S/C8H16O4/c1-3-6(9)5-8(11)12-7(10)4-2/h6,8-9,11H,3-5H2,1-2H3. The summed E-state index contributed by atoms with van der Waals surface area (Å²) in [6, 6.07) is 0. The van der Waals surface area contributed by atoms with Crippen molar-refractivity contribution < 1.29 is 19.7 Å². The molecule has 0 aromatic heterocycles. The van der Waals surface area contributed by atoms with Crippen LogP contribution in [0.25, 0.3) is 0 Å². The molecule has 0 heterocycles. The molecule has 4 heteroatoms. The highest BCUT2D eigenvalue weighted by molar-refractivity contribution is 5.68. The molecule has 0 saturated heterocycles. The van der Waals surface area contributed by atoms with Crippen molar-refractivity contribution in [2.24, 2.45) is 0 Å². The van der Waals surface area contributed by atoms with E-state index in [9.17, 15) is 4.79 Å². The van der Waals surface area contributed by atoms with Crippen LogP contribution in [-0.4, -0.2) is 28.6 Å². The molecule has 4 nitrogen and oxygen atoms in total. The first-order chi connectivity index (χ1) is 5.60. The number of hydrogen-bond donors (Lipinski definition) is 2. The van der Waals surface area contributed by atoms with Gasteiger partial charge in [-0.2, -0.15) is 0 Å². The summed E-state index contributed by atoms with van der Waals surface area (Å²) in [6.07, 6.45) is -0.917. The Balaban J connectivity index is 3.58. The summed E-state index contributed by atoms with van der Waals surface area (Å²) in [5.41, 5.74) is 0. The molecule has 0 aromatic carbocycles. The molecule has 0 aromatic rings. The second-order valence-electron chi connectivity index (χ2n) is 2.60. The topological polar surface area (TPSA) is 66.8 Å². The van der Waals surface area contributed by atoms with Crippen LogP contribution in [0.5, 0.6) is 0 Å². The fourth-order valence-electron chi connectivity index (χ4n) is 0.683. The van der Waals surface area contributed by atoms with Gasteiger partial charge < -0.3 is 14.9 Å². The van der Waals surface area contributed by atoms with Crippen LogP contribution < -0.4 is 0 Å². The van der Waals surface area contributed by atoms with E-state index in [1.807, 2.05) is 0 Å². The van der Waals surface area contributed by atoms with Crippen LogP contribution in [0.15, 0.2) is 0 Å². The van der Waals surface area contributed by atoms with Gasteiger partial charge in [0, 0.05) is 12.8 Å². The molecule has 0 fully saturated rings. The van der Waals surface area contributed by atoms with E-state index < -0.39 is 18.4 Å². The maximum Gasteiger partial charge on any atom is 0.307 e. The Morgan fingerprint density at radius 1 is 1.42 bits per heavy atom. The first kappa shape index (κ1) is 11.4. The Hall–Kier alpha value is -0.610. The summed E-state index contributed by atoms with van der Waals surface area (Å²) >= 11 is 0. The van der Waals surface area contributed by atoms with Gasteiger partial charge in [-0.3, -0.25) is 4.79 Å². The summed E-state index contributed by atoms with van der Waals surface area (Å²) in [4.78, 5) is 10.6. The number of rotatable bonds is 5. The van der Waals surface area contributed by atoms with Crippen LogP contribution in [-0.2, 0) is 9.53 Å². The smallest absolute Gasteiger partial charge is 0.307 e. The van der Waals surface area contributed by atoms with Crippen molar-refractivity contribution in [3.05, 3.63) is 0 Å². The molecule has 0 rings (SSSR count). The summed E-state index contributed by atoms with van der Waals surface area (Å²) in [5.74, 6) is -0.453. The van der Waals surface area contributed by atoms with Crippen LogP contribution in [0.2, 0.25) is 0 Å². The highest BCUT2D eigenvalue weighted by Gasteiger charge is 2.13. The Labute approximate surface area is 72.2 Å². The van der Waals surface area contributed by atoms with E-state index in [2.05, 4.69) is 4.74 Å². The van der Waals surface area contributed by atoms with Crippen LogP contribution in [0, 0.1) is 0 Å². The molecule has 0 radical (unpaired) electrons. The van der Waals surface area contributed by atoms with Crippen molar-refractivity contribution >= 4 is 5.97 Å². The van der Waals surface area contributed by atoms with Gasteiger partial charge in [0.2, 0.25) is 6.29 Å². The van der Waals surface area contributed by atoms with Gasteiger partial charge in [-0.05, 0) is 6.42 Å². The third-order valence-corrected chi connectivity index (χ3v) is 1.50. The van der Waals surface area contributed by atoms with Gasteiger partial charge in [0.15, 0.2) is 0 Å². The summed E-state index contributed by atoms with van der Waals surface area (Å²) in [7, 11) is 0. The Morgan fingerprint density at radius 2 is 2.00 bits per heavy atom. The monoisotopic (exact) mass is 176 g/mol. The molecule has 2 unspecified atom stereocenters. The third kappa shape index (κ3) is 5.09. The van der Waals surface area contributed by atoms with E-state index in [0.717, 1.165) is 0 Å². The van der Waals surface area contributed by atoms with Gasteiger partial charge in [0.05, 0.1) is 6.10 Å². The lowest BCUT2D eigenvalue weighted by Gasteiger charge is -2.14. The summed E-state index contributed by atoms with van der Waals surface area (Å²) in [5, 5.41) is 18.1. The van der Waals surface area contributed by atoms with Crippen LogP contribution in [0.1, 0.15) is 33.1 Å². The predicted octanol–water partition coefficient (Wildman–Crippen LogP) is 0.419. The van der Waals surface area contributed by atoms with Crippen molar-refractivity contribution in [2.75, 3.05) is 0 Å². The lowest BCUT2D eigenvalue weighted by atomic mass is 10.2. The van der Waals surface area contributed by atoms with E-state index in [-0.39, 0.29) is 12.8 Å². The first-order valence-electron chi connectivity index (χ1n) is 4.15. The number of esters is 1. The summed E-state index contributed by atoms with van der Waals surface area (Å²) in [6.45, 7) is 3.43. The fourth-order valence-corrected chi connectivity index (χ4v) is 0.683. The van der Waals surface area contributed by atoms with Crippen LogP contribution in [0.4, 0.5) is 0 Å². The van der Waals surface area contributed by atoms with Gasteiger partial charge >= 0.3 is 5.97 Å². The average molecular weight is 176 g/mol. The van der Waals surface area contributed by atoms with E-state index in [1.54, 1.807) is 13.8 Å². The molecule has 0 amide bonds. The minimum Gasteiger partial charge on any atom is -0.436 e. The number of aliphatic hydroxyl groups is 2. The molecule has 2 atom stereocenters. The first-order valence-corrected chi connectivity index (χ1v) is 4.15. The van der Waals surface area contributed by atoms with E-state index in [4.69, 9.17) is 10.2 Å². The van der Waals surface area contributed by atoms with Crippen molar-refractivity contribution in [1.82, 2.24) is 0 Å². The van der Waals surface area contributed by atoms with Gasteiger partial charge in [-0.1, -0.05) is 13.8 Å². The molecule has 12 heavy (non-hydrogen) atoms. The summed E-state index contributed by atoms with van der Waals surface area (Å²) < 4.78 is 4.53. The van der Waals surface area contributed by atoms with Gasteiger partial charge in [0.25, 0.3) is 0 Å². The van der Waals surface area contributed by atoms with Crippen molar-refractivity contribution in [2.45, 2.75) is 45.5 Å². The molecule has 0 aliphatic rings. The van der Waals surface area contributed by atoms with E-state index >= 15 is 0 Å². The molecular formula is C8H16O4. The fraction of sp³-hybridized carbons (Fsp3) is 0.875. The van der Waals surface area contributed by atoms with Crippen molar-refractivity contribution in [3.63, 3.8) is 0 Å². The second-order valence-corrected chi connectivity index (χ2v) is 2.60. The Bertz CT molecular complexity index is 135. The minimum atomic E-state index is -1.17. The zero-order chi connectivity index (χ0) is 9.56. The molecule has 0 bridgehead atoms. The molecule has 0 saturated carbocycles. The Morgan fingerprint density at radius 3 is 2.42 bits per heavy atom. The third-order valence-electron chi connectivity index (χ3n) is 1.50. The number of carbonyl (C=O) groups is 1. The lowest BCUT2D eigenvalue weighted by Crippen LogP contribution is -2.22. The minimum absolute atomic E-state index is 0.0856. The highest BCUT2D eigenvalue weighted by Crippen LogP contribution is 2.03. The maximum atomic E-state index is 10.6. The van der Waals surface area contributed by atoms with Crippen LogP contribution in [0.3, 0.4) is 0 Å². The SMILES string of the molecule is CCC(=O)OC(O)CC(O)CC. The molecule has 0 aliphatic heterocycles. The largest absolute Gasteiger partial charge is 0.436 e. The zero-order valence-electron chi connectivity index (χ0n) is 7.49. The number of carbonyl (C=O) groups excluding carboxylic acids is 1. The number of aliphatic hydroxyl groups excluding tert-OH is 2. The average Bonchev–Trinajstić information content (AvgIpc) is 2.03. The van der Waals surface area contributed by atoms with Gasteiger partial charge in [-0.25, -0.2) is 0 Å². The molecule has 0 aliphatic carbocycles. The molecule has 0 spiro atoms. The quantitative estimate of drug-likeness (QED) is 0.470. The number of hydrogen-bond acceptors (Lipinski definition) is 4. The maximum absolute atomic E-state index is 10.6. The predicted molar refractivity (Wildman–Crippen MR) is 43.3 cm³/mol. The number of ether oxygens (including phenoxy) is 1. The molecule has 2 N–H and O–H groups in total. The normalized spacial score (nSPS) is 15.3.